The summed E-state index contributed by atoms with van der Waals surface area (Å²) in [6.07, 6.45) is -3.52. The summed E-state index contributed by atoms with van der Waals surface area (Å²) in [7, 11) is 0. The summed E-state index contributed by atoms with van der Waals surface area (Å²) in [6.45, 7) is 6.19. The van der Waals surface area contributed by atoms with Gasteiger partial charge in [0.05, 0.1) is 5.56 Å². The Kier molecular flexibility index (Phi) is 4.57. The van der Waals surface area contributed by atoms with Gasteiger partial charge in [0.25, 0.3) is 0 Å². The van der Waals surface area contributed by atoms with Gasteiger partial charge in [-0.1, -0.05) is 25.4 Å². The zero-order valence-corrected chi connectivity index (χ0v) is 12.9. The van der Waals surface area contributed by atoms with E-state index in [9.17, 15) is 13.2 Å². The lowest BCUT2D eigenvalue weighted by Gasteiger charge is -2.42. The monoisotopic (exact) mass is 320 g/mol. The van der Waals surface area contributed by atoms with Crippen molar-refractivity contribution in [3.05, 3.63) is 34.3 Å². The number of hydrogen-bond donors (Lipinski definition) is 1. The van der Waals surface area contributed by atoms with Crippen molar-refractivity contribution in [1.29, 1.82) is 0 Å². The normalized spacial score (nSPS) is 23.3. The topological polar surface area (TPSA) is 29.3 Å². The molecule has 1 aromatic rings. The average Bonchev–Trinajstić information content (AvgIpc) is 2.32. The standard InChI is InChI=1S/C15H20ClF3N2/c1-14(2)9-21(4-3-13(14)20)8-10-5-11(15(17,18)19)7-12(16)6-10/h5-7,13H,3-4,8-9,20H2,1-2H3. The summed E-state index contributed by atoms with van der Waals surface area (Å²) in [4.78, 5) is 2.13. The summed E-state index contributed by atoms with van der Waals surface area (Å²) in [6, 6.07) is 3.85. The molecule has 2 N–H and O–H groups in total. The summed E-state index contributed by atoms with van der Waals surface area (Å²) in [5, 5.41) is 0.118. The molecule has 1 aliphatic rings. The van der Waals surface area contributed by atoms with Crippen molar-refractivity contribution in [1.82, 2.24) is 4.90 Å². The van der Waals surface area contributed by atoms with Crippen LogP contribution >= 0.6 is 11.6 Å². The molecule has 21 heavy (non-hydrogen) atoms. The predicted molar refractivity (Wildman–Crippen MR) is 78.1 cm³/mol. The van der Waals surface area contributed by atoms with Crippen LogP contribution in [0.15, 0.2) is 18.2 Å². The first kappa shape index (κ1) is 16.6. The number of rotatable bonds is 2. The van der Waals surface area contributed by atoms with Crippen LogP contribution in [0, 0.1) is 5.41 Å². The maximum atomic E-state index is 12.8. The van der Waals surface area contributed by atoms with E-state index < -0.39 is 11.7 Å². The molecule has 1 atom stereocenters. The van der Waals surface area contributed by atoms with Crippen molar-refractivity contribution < 1.29 is 13.2 Å². The Morgan fingerprint density at radius 2 is 2.00 bits per heavy atom. The Labute approximate surface area is 128 Å². The molecule has 1 unspecified atom stereocenters. The molecule has 1 heterocycles. The van der Waals surface area contributed by atoms with Crippen molar-refractivity contribution in [2.45, 2.75) is 39.0 Å². The molecule has 0 radical (unpaired) electrons. The van der Waals surface area contributed by atoms with Gasteiger partial charge < -0.3 is 5.73 Å². The Morgan fingerprint density at radius 1 is 1.33 bits per heavy atom. The van der Waals surface area contributed by atoms with Crippen LogP contribution in [0.2, 0.25) is 5.02 Å². The first-order valence-corrected chi connectivity index (χ1v) is 7.30. The van der Waals surface area contributed by atoms with Crippen molar-refractivity contribution in [3.63, 3.8) is 0 Å². The van der Waals surface area contributed by atoms with E-state index in [0.29, 0.717) is 12.1 Å². The molecule has 0 amide bonds. The molecule has 0 saturated carbocycles. The molecule has 1 saturated heterocycles. The number of nitrogens with zero attached hydrogens (tertiary/aromatic N) is 1. The Balaban J connectivity index is 2.15. The van der Waals surface area contributed by atoms with Crippen LogP contribution in [0.3, 0.4) is 0 Å². The van der Waals surface area contributed by atoms with Crippen molar-refractivity contribution in [2.24, 2.45) is 11.1 Å². The van der Waals surface area contributed by atoms with Crippen LogP contribution in [0.25, 0.3) is 0 Å². The molecule has 1 aliphatic heterocycles. The molecule has 0 aliphatic carbocycles. The van der Waals surface area contributed by atoms with Gasteiger partial charge in [-0.05, 0) is 35.6 Å². The molecule has 6 heteroatoms. The second kappa shape index (κ2) is 5.78. The molecule has 0 aromatic heterocycles. The SMILES string of the molecule is CC1(C)CN(Cc2cc(Cl)cc(C(F)(F)F)c2)CCC1N. The summed E-state index contributed by atoms with van der Waals surface area (Å²) >= 11 is 5.81. The van der Waals surface area contributed by atoms with E-state index in [1.165, 1.54) is 6.07 Å². The van der Waals surface area contributed by atoms with E-state index in [0.717, 1.165) is 25.6 Å². The van der Waals surface area contributed by atoms with E-state index in [1.54, 1.807) is 6.07 Å². The zero-order chi connectivity index (χ0) is 15.8. The highest BCUT2D eigenvalue weighted by molar-refractivity contribution is 6.30. The number of hydrogen-bond acceptors (Lipinski definition) is 2. The van der Waals surface area contributed by atoms with E-state index in [2.05, 4.69) is 18.7 Å². The summed E-state index contributed by atoms with van der Waals surface area (Å²) in [5.41, 5.74) is 5.93. The molecule has 118 valence electrons. The van der Waals surface area contributed by atoms with Crippen molar-refractivity contribution >= 4 is 11.6 Å². The Hall–Kier alpha value is -0.780. The number of likely N-dealkylation sites (tertiary alicyclic amines) is 1. The summed E-state index contributed by atoms with van der Waals surface area (Å²) in [5.74, 6) is 0. The average molecular weight is 321 g/mol. The number of alkyl halides is 3. The third-order valence-corrected chi connectivity index (χ3v) is 4.30. The zero-order valence-electron chi connectivity index (χ0n) is 12.2. The minimum Gasteiger partial charge on any atom is -0.327 e. The minimum atomic E-state index is -4.37. The Morgan fingerprint density at radius 3 is 2.57 bits per heavy atom. The lowest BCUT2D eigenvalue weighted by molar-refractivity contribution is -0.137. The first-order chi connectivity index (χ1) is 9.58. The van der Waals surface area contributed by atoms with E-state index >= 15 is 0 Å². The van der Waals surface area contributed by atoms with Gasteiger partial charge in [0.2, 0.25) is 0 Å². The molecule has 2 rings (SSSR count). The number of halogens is 4. The molecular weight excluding hydrogens is 301 g/mol. The highest BCUT2D eigenvalue weighted by Gasteiger charge is 2.34. The van der Waals surface area contributed by atoms with E-state index in [4.69, 9.17) is 17.3 Å². The smallest absolute Gasteiger partial charge is 0.327 e. The highest BCUT2D eigenvalue weighted by atomic mass is 35.5. The van der Waals surface area contributed by atoms with Crippen LogP contribution in [-0.2, 0) is 12.7 Å². The van der Waals surface area contributed by atoms with Gasteiger partial charge in [-0.2, -0.15) is 13.2 Å². The van der Waals surface area contributed by atoms with E-state index in [1.807, 2.05) is 0 Å². The van der Waals surface area contributed by atoms with Crippen LogP contribution in [0.4, 0.5) is 13.2 Å². The maximum absolute atomic E-state index is 12.8. The molecule has 2 nitrogen and oxygen atoms in total. The van der Waals surface area contributed by atoms with E-state index in [-0.39, 0.29) is 16.5 Å². The van der Waals surface area contributed by atoms with Crippen LogP contribution < -0.4 is 5.73 Å². The quantitative estimate of drug-likeness (QED) is 0.895. The molecule has 0 spiro atoms. The third-order valence-electron chi connectivity index (χ3n) is 4.08. The summed E-state index contributed by atoms with van der Waals surface area (Å²) < 4.78 is 38.4. The van der Waals surface area contributed by atoms with Crippen LogP contribution in [-0.4, -0.2) is 24.0 Å². The van der Waals surface area contributed by atoms with Gasteiger partial charge in [0, 0.05) is 30.7 Å². The lowest BCUT2D eigenvalue weighted by Crippen LogP contribution is -2.52. The molecule has 1 aromatic carbocycles. The van der Waals surface area contributed by atoms with Crippen molar-refractivity contribution in [2.75, 3.05) is 13.1 Å². The van der Waals surface area contributed by atoms with Gasteiger partial charge in [0.1, 0.15) is 0 Å². The molecule has 0 bridgehead atoms. The van der Waals surface area contributed by atoms with Gasteiger partial charge in [-0.15, -0.1) is 0 Å². The fourth-order valence-electron chi connectivity index (χ4n) is 2.78. The van der Waals surface area contributed by atoms with Gasteiger partial charge >= 0.3 is 6.18 Å². The first-order valence-electron chi connectivity index (χ1n) is 6.92. The van der Waals surface area contributed by atoms with Crippen LogP contribution in [0.5, 0.6) is 0 Å². The third kappa shape index (κ3) is 4.11. The largest absolute Gasteiger partial charge is 0.416 e. The minimum absolute atomic E-state index is 0.0380. The Bertz CT molecular complexity index is 514. The second-order valence-corrected chi connectivity index (χ2v) is 6.88. The van der Waals surface area contributed by atoms with Gasteiger partial charge in [-0.25, -0.2) is 0 Å². The maximum Gasteiger partial charge on any atom is 0.416 e. The lowest BCUT2D eigenvalue weighted by atomic mass is 9.79. The van der Waals surface area contributed by atoms with Crippen molar-refractivity contribution in [3.8, 4) is 0 Å². The number of piperidine rings is 1. The van der Waals surface area contributed by atoms with Gasteiger partial charge in [0.15, 0.2) is 0 Å². The number of nitrogens with two attached hydrogens (primary N) is 1. The fourth-order valence-corrected chi connectivity index (χ4v) is 3.04. The molecule has 1 fully saturated rings. The fraction of sp³-hybridized carbons (Fsp3) is 0.600. The van der Waals surface area contributed by atoms with Crippen LogP contribution in [0.1, 0.15) is 31.4 Å². The predicted octanol–water partition coefficient (Wildman–Crippen LogP) is 3.92. The van der Waals surface area contributed by atoms with Gasteiger partial charge in [-0.3, -0.25) is 4.90 Å². The molecular formula is C15H20ClF3N2. The number of benzene rings is 1. The second-order valence-electron chi connectivity index (χ2n) is 6.44. The highest BCUT2D eigenvalue weighted by Crippen LogP contribution is 2.33.